The van der Waals surface area contributed by atoms with Crippen LogP contribution in [-0.4, -0.2) is 27.3 Å². The Hall–Kier alpha value is -2.39. The summed E-state index contributed by atoms with van der Waals surface area (Å²) in [5, 5.41) is 10.7. The molecule has 0 aliphatic rings. The van der Waals surface area contributed by atoms with Crippen molar-refractivity contribution in [3.63, 3.8) is 0 Å². The number of nitrogens with one attached hydrogen (secondary N) is 3. The minimum atomic E-state index is 0.285. The van der Waals surface area contributed by atoms with Crippen molar-refractivity contribution >= 4 is 44.4 Å². The summed E-state index contributed by atoms with van der Waals surface area (Å²) in [6.45, 7) is 0. The highest BCUT2D eigenvalue weighted by Crippen LogP contribution is 2.31. The van der Waals surface area contributed by atoms with Crippen LogP contribution in [0.5, 0.6) is 5.75 Å². The first kappa shape index (κ1) is 13.6. The summed E-state index contributed by atoms with van der Waals surface area (Å²) in [5.41, 5.74) is 3.81. The van der Waals surface area contributed by atoms with E-state index in [-0.39, 0.29) is 5.95 Å². The molecule has 0 radical (unpaired) electrons. The van der Waals surface area contributed by atoms with Gasteiger partial charge in [0.1, 0.15) is 11.6 Å². The molecule has 1 aromatic carbocycles. The normalized spacial score (nSPS) is 10.6. The van der Waals surface area contributed by atoms with E-state index in [0.29, 0.717) is 11.5 Å². The molecule has 0 fully saturated rings. The number of anilines is 3. The average molecular weight is 350 g/mol. The second-order valence-electron chi connectivity index (χ2n) is 4.14. The van der Waals surface area contributed by atoms with E-state index in [9.17, 15) is 0 Å². The number of ether oxygens (including phenoxy) is 1. The molecule has 0 saturated heterocycles. The summed E-state index contributed by atoms with van der Waals surface area (Å²) in [4.78, 5) is 8.47. The number of aromatic amines is 1. The zero-order valence-electron chi connectivity index (χ0n) is 11.0. The molecule has 0 amide bonds. The van der Waals surface area contributed by atoms with Gasteiger partial charge in [0.2, 0.25) is 5.95 Å². The lowest BCUT2D eigenvalue weighted by molar-refractivity contribution is 0.415. The standard InChI is InChI=1S/C12H12BrN7O/c1-21-6-2-3-8(13)9(4-6)16-10-7-5-15-20-11(7)18-12(17-10)19-14/h2-5H,14H2,1H3,(H3,15,16,17,18,19,20). The third kappa shape index (κ3) is 2.60. The minimum absolute atomic E-state index is 0.285. The van der Waals surface area contributed by atoms with Gasteiger partial charge in [-0.1, -0.05) is 0 Å². The van der Waals surface area contributed by atoms with Gasteiger partial charge in [0.15, 0.2) is 5.65 Å². The van der Waals surface area contributed by atoms with Gasteiger partial charge in [-0.2, -0.15) is 15.1 Å². The van der Waals surface area contributed by atoms with Crippen molar-refractivity contribution in [2.24, 2.45) is 5.84 Å². The topological polar surface area (TPSA) is 114 Å². The number of hydrazine groups is 1. The number of methoxy groups -OCH3 is 1. The Bertz CT molecular complexity index is 788. The summed E-state index contributed by atoms with van der Waals surface area (Å²) >= 11 is 3.48. The number of H-pyrrole nitrogens is 1. The van der Waals surface area contributed by atoms with E-state index >= 15 is 0 Å². The van der Waals surface area contributed by atoms with Crippen LogP contribution < -0.4 is 21.3 Å². The number of rotatable bonds is 4. The van der Waals surface area contributed by atoms with Gasteiger partial charge in [-0.15, -0.1) is 0 Å². The summed E-state index contributed by atoms with van der Waals surface area (Å²) < 4.78 is 6.10. The third-order valence-electron chi connectivity index (χ3n) is 2.87. The van der Waals surface area contributed by atoms with Crippen LogP contribution in [0.4, 0.5) is 17.5 Å². The van der Waals surface area contributed by atoms with E-state index in [4.69, 9.17) is 10.6 Å². The number of aromatic nitrogens is 4. The SMILES string of the molecule is COc1ccc(Br)c(Nc2nc(NN)nc3[nH]ncc23)c1. The molecule has 2 heterocycles. The number of benzene rings is 1. The fourth-order valence-electron chi connectivity index (χ4n) is 1.85. The fourth-order valence-corrected chi connectivity index (χ4v) is 2.20. The van der Waals surface area contributed by atoms with Crippen LogP contribution in [0, 0.1) is 0 Å². The monoisotopic (exact) mass is 349 g/mol. The molecule has 5 N–H and O–H groups in total. The highest BCUT2D eigenvalue weighted by molar-refractivity contribution is 9.10. The lowest BCUT2D eigenvalue weighted by atomic mass is 10.3. The molecule has 3 aromatic rings. The Kier molecular flexibility index (Phi) is 3.59. The van der Waals surface area contributed by atoms with E-state index in [1.165, 1.54) is 0 Å². The number of nitrogens with zero attached hydrogens (tertiary/aromatic N) is 3. The number of hydrogen-bond acceptors (Lipinski definition) is 7. The molecule has 0 saturated carbocycles. The molecule has 0 aliphatic heterocycles. The van der Waals surface area contributed by atoms with Gasteiger partial charge in [0.25, 0.3) is 0 Å². The first-order valence-corrected chi connectivity index (χ1v) is 6.79. The lowest BCUT2D eigenvalue weighted by Gasteiger charge is -2.11. The highest BCUT2D eigenvalue weighted by Gasteiger charge is 2.11. The van der Waals surface area contributed by atoms with Crippen LogP contribution in [0.2, 0.25) is 0 Å². The summed E-state index contributed by atoms with van der Waals surface area (Å²) in [6, 6.07) is 5.60. The van der Waals surface area contributed by atoms with Crippen LogP contribution in [0.15, 0.2) is 28.9 Å². The van der Waals surface area contributed by atoms with Gasteiger partial charge < -0.3 is 10.1 Å². The lowest BCUT2D eigenvalue weighted by Crippen LogP contribution is -2.11. The molecule has 0 aliphatic carbocycles. The van der Waals surface area contributed by atoms with Crippen molar-refractivity contribution in [1.82, 2.24) is 20.2 Å². The Labute approximate surface area is 128 Å². The van der Waals surface area contributed by atoms with Gasteiger partial charge in [-0.3, -0.25) is 10.5 Å². The predicted octanol–water partition coefficient (Wildman–Crippen LogP) is 2.15. The van der Waals surface area contributed by atoms with Crippen molar-refractivity contribution in [2.75, 3.05) is 17.9 Å². The molecule has 108 valence electrons. The Balaban J connectivity index is 2.07. The number of hydrogen-bond donors (Lipinski definition) is 4. The zero-order chi connectivity index (χ0) is 14.8. The molecule has 8 nitrogen and oxygen atoms in total. The van der Waals surface area contributed by atoms with Crippen molar-refractivity contribution in [3.05, 3.63) is 28.9 Å². The van der Waals surface area contributed by atoms with Crippen LogP contribution in [-0.2, 0) is 0 Å². The first-order chi connectivity index (χ1) is 10.2. The molecule has 3 rings (SSSR count). The maximum Gasteiger partial charge on any atom is 0.241 e. The molecule has 9 heteroatoms. The number of nitrogens with two attached hydrogens (primary N) is 1. The average Bonchev–Trinajstić information content (AvgIpc) is 2.98. The largest absolute Gasteiger partial charge is 0.497 e. The Morgan fingerprint density at radius 2 is 2.19 bits per heavy atom. The molecule has 2 aromatic heterocycles. The zero-order valence-corrected chi connectivity index (χ0v) is 12.6. The molecule has 21 heavy (non-hydrogen) atoms. The highest BCUT2D eigenvalue weighted by atomic mass is 79.9. The van der Waals surface area contributed by atoms with Crippen LogP contribution in [0.25, 0.3) is 11.0 Å². The second kappa shape index (κ2) is 5.54. The van der Waals surface area contributed by atoms with E-state index in [2.05, 4.69) is 46.8 Å². The van der Waals surface area contributed by atoms with Gasteiger partial charge in [0, 0.05) is 10.5 Å². The minimum Gasteiger partial charge on any atom is -0.497 e. The van der Waals surface area contributed by atoms with Crippen LogP contribution >= 0.6 is 15.9 Å². The van der Waals surface area contributed by atoms with E-state index < -0.39 is 0 Å². The maximum absolute atomic E-state index is 5.38. The van der Waals surface area contributed by atoms with Crippen molar-refractivity contribution in [3.8, 4) is 5.75 Å². The number of nitrogen functional groups attached to an aromatic ring is 1. The maximum atomic E-state index is 5.38. The van der Waals surface area contributed by atoms with Gasteiger partial charge in [-0.25, -0.2) is 5.84 Å². The molecular formula is C12H12BrN7O. The smallest absolute Gasteiger partial charge is 0.241 e. The van der Waals surface area contributed by atoms with Gasteiger partial charge >= 0.3 is 0 Å². The summed E-state index contributed by atoms with van der Waals surface area (Å²) in [5.74, 6) is 6.98. The second-order valence-corrected chi connectivity index (χ2v) is 5.00. The Morgan fingerprint density at radius 1 is 1.33 bits per heavy atom. The molecule has 0 bridgehead atoms. The van der Waals surface area contributed by atoms with Crippen molar-refractivity contribution in [2.45, 2.75) is 0 Å². The Morgan fingerprint density at radius 3 is 2.95 bits per heavy atom. The molecule has 0 unspecified atom stereocenters. The van der Waals surface area contributed by atoms with E-state index in [1.807, 2.05) is 18.2 Å². The van der Waals surface area contributed by atoms with Gasteiger partial charge in [-0.05, 0) is 28.1 Å². The predicted molar refractivity (Wildman–Crippen MR) is 83.5 cm³/mol. The molecule has 0 atom stereocenters. The quantitative estimate of drug-likeness (QED) is 0.421. The fraction of sp³-hybridized carbons (Fsp3) is 0.0833. The summed E-state index contributed by atoms with van der Waals surface area (Å²) in [7, 11) is 1.61. The van der Waals surface area contributed by atoms with E-state index in [1.54, 1.807) is 13.3 Å². The van der Waals surface area contributed by atoms with Crippen LogP contribution in [0.1, 0.15) is 0 Å². The summed E-state index contributed by atoms with van der Waals surface area (Å²) in [6.07, 6.45) is 1.64. The number of halogens is 1. The molecule has 0 spiro atoms. The van der Waals surface area contributed by atoms with Crippen LogP contribution in [0.3, 0.4) is 0 Å². The number of fused-ring (bicyclic) bond motifs is 1. The van der Waals surface area contributed by atoms with Crippen molar-refractivity contribution < 1.29 is 4.74 Å². The first-order valence-electron chi connectivity index (χ1n) is 5.99. The van der Waals surface area contributed by atoms with Crippen molar-refractivity contribution in [1.29, 1.82) is 0 Å². The molecular weight excluding hydrogens is 338 g/mol. The van der Waals surface area contributed by atoms with Gasteiger partial charge in [0.05, 0.1) is 24.4 Å². The third-order valence-corrected chi connectivity index (χ3v) is 3.56. The van der Waals surface area contributed by atoms with E-state index in [0.717, 1.165) is 21.3 Å².